The second-order valence-electron chi connectivity index (χ2n) is 4.53. The van der Waals surface area contributed by atoms with Crippen molar-refractivity contribution in [1.82, 2.24) is 15.0 Å². The molecule has 0 aliphatic heterocycles. The molecule has 0 aliphatic rings. The molecule has 0 radical (unpaired) electrons. The molecule has 0 amide bonds. The van der Waals surface area contributed by atoms with Crippen LogP contribution in [0.3, 0.4) is 0 Å². The lowest BCUT2D eigenvalue weighted by Crippen LogP contribution is -2.07. The molecule has 0 N–H and O–H groups in total. The molecule has 0 atom stereocenters. The first kappa shape index (κ1) is 14.3. The summed E-state index contributed by atoms with van der Waals surface area (Å²) in [5, 5.41) is 8.46. The van der Waals surface area contributed by atoms with Gasteiger partial charge in [-0.05, 0) is 30.3 Å². The molecule has 110 valence electrons. The van der Waals surface area contributed by atoms with E-state index in [1.807, 2.05) is 42.5 Å². The van der Waals surface area contributed by atoms with Gasteiger partial charge in [0.2, 0.25) is 0 Å². The lowest BCUT2D eigenvalue weighted by molar-refractivity contribution is 0.111. The molecule has 2 aromatic carbocycles. The predicted octanol–water partition coefficient (Wildman–Crippen LogP) is 3.31. The van der Waals surface area contributed by atoms with Crippen LogP contribution in [0.4, 0.5) is 0 Å². The minimum atomic E-state index is 0.178. The van der Waals surface area contributed by atoms with Crippen LogP contribution in [0.1, 0.15) is 16.2 Å². The van der Waals surface area contributed by atoms with Crippen LogP contribution in [0.5, 0.6) is 5.75 Å². The summed E-state index contributed by atoms with van der Waals surface area (Å²) in [4.78, 5) is 11.2. The second kappa shape index (κ2) is 6.41. The Hall–Kier alpha value is -2.66. The Morgan fingerprint density at radius 3 is 2.68 bits per heavy atom. The largest absolute Gasteiger partial charge is 0.487 e. The van der Waals surface area contributed by atoms with E-state index in [1.165, 1.54) is 0 Å². The van der Waals surface area contributed by atoms with E-state index in [2.05, 4.69) is 10.3 Å². The molecule has 3 rings (SSSR count). The summed E-state index contributed by atoms with van der Waals surface area (Å²) < 4.78 is 7.25. The maximum absolute atomic E-state index is 11.2. The van der Waals surface area contributed by atoms with E-state index in [-0.39, 0.29) is 12.3 Å². The van der Waals surface area contributed by atoms with Crippen LogP contribution in [0.2, 0.25) is 5.02 Å². The van der Waals surface area contributed by atoms with E-state index in [0.29, 0.717) is 22.8 Å². The number of hydrogen-bond acceptors (Lipinski definition) is 4. The molecule has 0 aliphatic carbocycles. The van der Waals surface area contributed by atoms with Gasteiger partial charge in [0.15, 0.2) is 12.0 Å². The molecule has 0 unspecified atom stereocenters. The second-order valence-corrected chi connectivity index (χ2v) is 4.97. The summed E-state index contributed by atoms with van der Waals surface area (Å²) in [5.74, 6) is 0.707. The van der Waals surface area contributed by atoms with Crippen LogP contribution >= 0.6 is 11.6 Å². The van der Waals surface area contributed by atoms with Crippen LogP contribution in [0, 0.1) is 0 Å². The molecule has 0 spiro atoms. The zero-order valence-corrected chi connectivity index (χ0v) is 12.3. The first-order valence-corrected chi connectivity index (χ1v) is 6.99. The third-order valence-electron chi connectivity index (χ3n) is 3.08. The number of hydrogen-bond donors (Lipinski definition) is 0. The van der Waals surface area contributed by atoms with Crippen LogP contribution in [-0.2, 0) is 6.61 Å². The minimum absolute atomic E-state index is 0.178. The fourth-order valence-corrected chi connectivity index (χ4v) is 2.21. The van der Waals surface area contributed by atoms with E-state index in [1.54, 1.807) is 16.8 Å². The summed E-state index contributed by atoms with van der Waals surface area (Å²) in [6.07, 6.45) is 0.664. The van der Waals surface area contributed by atoms with Crippen LogP contribution in [0.15, 0.2) is 54.6 Å². The molecule has 6 heteroatoms. The first-order valence-electron chi connectivity index (χ1n) is 6.61. The third-order valence-corrected chi connectivity index (χ3v) is 3.31. The molecule has 1 heterocycles. The zero-order chi connectivity index (χ0) is 15.4. The van der Waals surface area contributed by atoms with Crippen molar-refractivity contribution in [2.75, 3.05) is 0 Å². The monoisotopic (exact) mass is 313 g/mol. The first-order chi connectivity index (χ1) is 10.8. The van der Waals surface area contributed by atoms with Crippen molar-refractivity contribution in [2.24, 2.45) is 0 Å². The van der Waals surface area contributed by atoms with Crippen molar-refractivity contribution >= 4 is 17.9 Å². The molecule has 22 heavy (non-hydrogen) atoms. The number of aldehydes is 1. The zero-order valence-electron chi connectivity index (χ0n) is 11.5. The molecule has 3 aromatic rings. The van der Waals surface area contributed by atoms with E-state index in [9.17, 15) is 4.79 Å². The minimum Gasteiger partial charge on any atom is -0.487 e. The van der Waals surface area contributed by atoms with Gasteiger partial charge in [0, 0.05) is 5.02 Å². The molecular formula is C16H12ClN3O2. The topological polar surface area (TPSA) is 57.0 Å². The van der Waals surface area contributed by atoms with Gasteiger partial charge < -0.3 is 4.74 Å². The summed E-state index contributed by atoms with van der Waals surface area (Å²) in [5.41, 5.74) is 1.54. The molecule has 0 fully saturated rings. The highest BCUT2D eigenvalue weighted by molar-refractivity contribution is 6.30. The Labute approximate surface area is 132 Å². The number of carbonyl (C=O) groups excluding carboxylic acids is 1. The molecule has 0 saturated carbocycles. The Bertz CT molecular complexity index is 787. The number of carbonyl (C=O) groups is 1. The Morgan fingerprint density at radius 2 is 1.95 bits per heavy atom. The van der Waals surface area contributed by atoms with Gasteiger partial charge in [-0.3, -0.25) is 4.79 Å². The average molecular weight is 314 g/mol. The van der Waals surface area contributed by atoms with Gasteiger partial charge in [-0.15, -0.1) is 5.10 Å². The molecule has 0 bridgehead atoms. The Kier molecular flexibility index (Phi) is 4.16. The van der Waals surface area contributed by atoms with Gasteiger partial charge in [0.1, 0.15) is 18.1 Å². The van der Waals surface area contributed by atoms with Crippen molar-refractivity contribution < 1.29 is 9.53 Å². The van der Waals surface area contributed by atoms with E-state index < -0.39 is 0 Å². The number of benzene rings is 2. The van der Waals surface area contributed by atoms with Crippen LogP contribution < -0.4 is 4.74 Å². The van der Waals surface area contributed by atoms with E-state index in [0.717, 1.165) is 5.69 Å². The normalized spacial score (nSPS) is 10.4. The maximum atomic E-state index is 11.2. The van der Waals surface area contributed by atoms with Crippen molar-refractivity contribution in [2.45, 2.75) is 6.61 Å². The van der Waals surface area contributed by atoms with Crippen molar-refractivity contribution in [3.8, 4) is 11.4 Å². The summed E-state index contributed by atoms with van der Waals surface area (Å²) in [6, 6.07) is 16.5. The number of aromatic nitrogens is 3. The fraction of sp³-hybridized carbons (Fsp3) is 0.0625. The SMILES string of the molecule is O=Cc1nnn(-c2cccc(Cl)c2)c1COc1ccccc1. The standard InChI is InChI=1S/C16H12ClN3O2/c17-12-5-4-6-13(9-12)20-16(15(10-21)18-19-20)11-22-14-7-2-1-3-8-14/h1-10H,11H2. The highest BCUT2D eigenvalue weighted by Gasteiger charge is 2.14. The smallest absolute Gasteiger partial charge is 0.172 e. The highest BCUT2D eigenvalue weighted by atomic mass is 35.5. The van der Waals surface area contributed by atoms with Gasteiger partial charge in [0.25, 0.3) is 0 Å². The Morgan fingerprint density at radius 1 is 1.14 bits per heavy atom. The molecular weight excluding hydrogens is 302 g/mol. The Balaban J connectivity index is 1.92. The van der Waals surface area contributed by atoms with Gasteiger partial charge in [-0.1, -0.05) is 41.1 Å². The quantitative estimate of drug-likeness (QED) is 0.678. The molecule has 1 aromatic heterocycles. The summed E-state index contributed by atoms with van der Waals surface area (Å²) in [6.45, 7) is 0.178. The van der Waals surface area contributed by atoms with Gasteiger partial charge in [-0.2, -0.15) is 0 Å². The fourth-order valence-electron chi connectivity index (χ4n) is 2.02. The third kappa shape index (κ3) is 2.99. The maximum Gasteiger partial charge on any atom is 0.172 e. The van der Waals surface area contributed by atoms with E-state index >= 15 is 0 Å². The van der Waals surface area contributed by atoms with Crippen LogP contribution in [-0.4, -0.2) is 21.3 Å². The predicted molar refractivity (Wildman–Crippen MR) is 82.5 cm³/mol. The number of ether oxygens (including phenoxy) is 1. The van der Waals surface area contributed by atoms with Gasteiger partial charge in [0.05, 0.1) is 5.69 Å². The van der Waals surface area contributed by atoms with Gasteiger partial charge >= 0.3 is 0 Å². The average Bonchev–Trinajstić information content (AvgIpc) is 2.97. The van der Waals surface area contributed by atoms with E-state index in [4.69, 9.17) is 16.3 Å². The summed E-state index contributed by atoms with van der Waals surface area (Å²) >= 11 is 6.00. The number of rotatable bonds is 5. The van der Waals surface area contributed by atoms with Crippen LogP contribution in [0.25, 0.3) is 5.69 Å². The van der Waals surface area contributed by atoms with Crippen molar-refractivity contribution in [3.63, 3.8) is 0 Å². The number of para-hydroxylation sites is 1. The van der Waals surface area contributed by atoms with Gasteiger partial charge in [-0.25, -0.2) is 4.68 Å². The number of halogens is 1. The lowest BCUT2D eigenvalue weighted by Gasteiger charge is -2.09. The highest BCUT2D eigenvalue weighted by Crippen LogP contribution is 2.18. The molecule has 0 saturated heterocycles. The number of nitrogens with zero attached hydrogens (tertiary/aromatic N) is 3. The lowest BCUT2D eigenvalue weighted by atomic mass is 10.3. The van der Waals surface area contributed by atoms with Crippen molar-refractivity contribution in [1.29, 1.82) is 0 Å². The molecule has 5 nitrogen and oxygen atoms in total. The van der Waals surface area contributed by atoms with Crippen molar-refractivity contribution in [3.05, 3.63) is 71.0 Å². The summed E-state index contributed by atoms with van der Waals surface area (Å²) in [7, 11) is 0.